The molecular weight excluding hydrogens is 228 g/mol. The van der Waals surface area contributed by atoms with Gasteiger partial charge in [-0.25, -0.2) is 0 Å². The van der Waals surface area contributed by atoms with Crippen molar-refractivity contribution in [3.05, 3.63) is 53.6 Å². The average Bonchev–Trinajstić information content (AvgIpc) is 2.72. The van der Waals surface area contributed by atoms with E-state index in [-0.39, 0.29) is 5.78 Å². The lowest BCUT2D eigenvalue weighted by atomic mass is 10.1. The molecule has 0 bridgehead atoms. The molecule has 5 heteroatoms. The molecule has 1 aliphatic carbocycles. The first kappa shape index (κ1) is 10.5. The Labute approximate surface area is 103 Å². The Morgan fingerprint density at radius 3 is 2.39 bits per heavy atom. The van der Waals surface area contributed by atoms with Crippen molar-refractivity contribution < 1.29 is 4.79 Å². The molecule has 0 fully saturated rings. The smallest absolute Gasteiger partial charge is 0.196 e. The van der Waals surface area contributed by atoms with E-state index in [0.29, 0.717) is 16.8 Å². The quantitative estimate of drug-likeness (QED) is 0.531. The van der Waals surface area contributed by atoms with Gasteiger partial charge in [0.1, 0.15) is 0 Å². The van der Waals surface area contributed by atoms with Gasteiger partial charge in [0.2, 0.25) is 0 Å². The van der Waals surface area contributed by atoms with Crippen LogP contribution < -0.4 is 0 Å². The van der Waals surface area contributed by atoms with Crippen LogP contribution in [-0.2, 0) is 0 Å². The summed E-state index contributed by atoms with van der Waals surface area (Å²) in [5.74, 6) is -0.0554. The first-order valence-corrected chi connectivity index (χ1v) is 5.37. The van der Waals surface area contributed by atoms with E-state index in [2.05, 4.69) is 15.6 Å². The number of hydrogen-bond acceptors (Lipinski definition) is 3. The Balaban J connectivity index is 2.27. The van der Waals surface area contributed by atoms with Crippen LogP contribution in [0.1, 0.15) is 15.9 Å². The van der Waals surface area contributed by atoms with Gasteiger partial charge in [0.15, 0.2) is 5.78 Å². The van der Waals surface area contributed by atoms with Gasteiger partial charge < -0.3 is 0 Å². The number of nitrogens with zero attached hydrogens (tertiary/aromatic N) is 3. The predicted molar refractivity (Wildman–Crippen MR) is 65.0 cm³/mol. The van der Waals surface area contributed by atoms with Gasteiger partial charge in [-0.15, -0.1) is 5.11 Å². The van der Waals surface area contributed by atoms with Gasteiger partial charge in [-0.2, -0.15) is 5.53 Å². The van der Waals surface area contributed by atoms with E-state index in [1.807, 2.05) is 30.3 Å². The highest BCUT2D eigenvalue weighted by molar-refractivity contribution is 6.24. The molecule has 0 aliphatic heterocycles. The minimum atomic E-state index is -0.0554. The third kappa shape index (κ3) is 1.37. The first-order valence-electron chi connectivity index (χ1n) is 5.37. The molecule has 5 nitrogen and oxygen atoms in total. The molecule has 0 saturated carbocycles. The number of rotatable bonds is 2. The molecule has 0 radical (unpaired) electrons. The van der Waals surface area contributed by atoms with Crippen LogP contribution in [0.25, 0.3) is 11.1 Å². The number of carbonyl (C=O) groups excluding carboxylic acids is 1. The summed E-state index contributed by atoms with van der Waals surface area (Å²) in [6, 6.07) is 12.8. The van der Waals surface area contributed by atoms with Crippen LogP contribution in [0, 0.1) is 5.53 Å². The molecule has 86 valence electrons. The Bertz CT molecular complexity index is 691. The Morgan fingerprint density at radius 2 is 1.61 bits per heavy atom. The van der Waals surface area contributed by atoms with E-state index in [1.54, 1.807) is 12.1 Å². The Kier molecular flexibility index (Phi) is 2.30. The summed E-state index contributed by atoms with van der Waals surface area (Å²) >= 11 is 0. The maximum atomic E-state index is 12.3. The van der Waals surface area contributed by atoms with Crippen LogP contribution in [-0.4, -0.2) is 5.78 Å². The van der Waals surface area contributed by atoms with E-state index in [9.17, 15) is 4.79 Å². The molecule has 18 heavy (non-hydrogen) atoms. The minimum absolute atomic E-state index is 0.0554. The maximum absolute atomic E-state index is 12.3. The molecule has 1 N–H and O–H groups in total. The Morgan fingerprint density at radius 1 is 0.889 bits per heavy atom. The zero-order valence-electron chi connectivity index (χ0n) is 9.29. The van der Waals surface area contributed by atoms with Crippen molar-refractivity contribution in [2.45, 2.75) is 0 Å². The standard InChI is InChI=1S/C13H8N4O/c14-16-17-15-11-7-3-6-9-8-4-1-2-5-10(8)13(18)12(9)11/h1-7,14H. The van der Waals surface area contributed by atoms with Gasteiger partial charge in [-0.05, 0) is 27.6 Å². The number of hydrogen-bond donors (Lipinski definition) is 1. The summed E-state index contributed by atoms with van der Waals surface area (Å²) in [6.07, 6.45) is 0. The molecule has 3 rings (SSSR count). The largest absolute Gasteiger partial charge is 0.288 e. The molecule has 0 spiro atoms. The summed E-state index contributed by atoms with van der Waals surface area (Å²) in [7, 11) is 0. The van der Waals surface area contributed by atoms with Gasteiger partial charge in [-0.3, -0.25) is 4.79 Å². The van der Waals surface area contributed by atoms with Crippen molar-refractivity contribution in [1.82, 2.24) is 0 Å². The topological polar surface area (TPSA) is 78.0 Å². The summed E-state index contributed by atoms with van der Waals surface area (Å²) in [4.78, 5) is 12.3. The highest BCUT2D eigenvalue weighted by atomic mass is 16.1. The second-order valence-electron chi connectivity index (χ2n) is 3.86. The number of benzene rings is 2. The highest BCUT2D eigenvalue weighted by Gasteiger charge is 2.28. The Hall–Kier alpha value is -2.69. The summed E-state index contributed by atoms with van der Waals surface area (Å²) in [6.45, 7) is 0. The number of fused-ring (bicyclic) bond motifs is 3. The second kappa shape index (κ2) is 3.96. The SMILES string of the molecule is N=NN=Nc1cccc2c1C(=O)c1ccccc1-2. The lowest BCUT2D eigenvalue weighted by Crippen LogP contribution is -1.94. The molecule has 0 aromatic heterocycles. The van der Waals surface area contributed by atoms with Crippen LogP contribution in [0.4, 0.5) is 5.69 Å². The van der Waals surface area contributed by atoms with Crippen LogP contribution in [0.3, 0.4) is 0 Å². The average molecular weight is 236 g/mol. The van der Waals surface area contributed by atoms with Gasteiger partial charge in [0.25, 0.3) is 0 Å². The van der Waals surface area contributed by atoms with E-state index >= 15 is 0 Å². The van der Waals surface area contributed by atoms with Crippen molar-refractivity contribution in [1.29, 1.82) is 5.53 Å². The zero-order chi connectivity index (χ0) is 12.5. The lowest BCUT2D eigenvalue weighted by molar-refractivity contribution is 0.104. The summed E-state index contributed by atoms with van der Waals surface area (Å²) < 4.78 is 0. The fourth-order valence-electron chi connectivity index (χ4n) is 2.21. The molecule has 0 unspecified atom stereocenters. The van der Waals surface area contributed by atoms with Crippen LogP contribution in [0.5, 0.6) is 0 Å². The molecule has 0 heterocycles. The maximum Gasteiger partial charge on any atom is 0.196 e. The van der Waals surface area contributed by atoms with Gasteiger partial charge in [-0.1, -0.05) is 36.4 Å². The van der Waals surface area contributed by atoms with Gasteiger partial charge in [0, 0.05) is 5.56 Å². The monoisotopic (exact) mass is 236 g/mol. The molecule has 0 atom stereocenters. The summed E-state index contributed by atoms with van der Waals surface area (Å²) in [5.41, 5.74) is 10.0. The van der Waals surface area contributed by atoms with Crippen LogP contribution in [0.15, 0.2) is 58.0 Å². The van der Waals surface area contributed by atoms with Crippen LogP contribution >= 0.6 is 0 Å². The molecule has 2 aromatic rings. The van der Waals surface area contributed by atoms with Crippen molar-refractivity contribution >= 4 is 11.5 Å². The molecule has 2 aromatic carbocycles. The lowest BCUT2D eigenvalue weighted by Gasteiger charge is -2.00. The third-order valence-corrected chi connectivity index (χ3v) is 2.93. The third-order valence-electron chi connectivity index (χ3n) is 2.93. The van der Waals surface area contributed by atoms with Gasteiger partial charge >= 0.3 is 0 Å². The van der Waals surface area contributed by atoms with Gasteiger partial charge in [0.05, 0.1) is 11.3 Å². The van der Waals surface area contributed by atoms with E-state index in [4.69, 9.17) is 5.53 Å². The molecule has 0 amide bonds. The number of carbonyl (C=O) groups is 1. The fraction of sp³-hybridized carbons (Fsp3) is 0. The first-order chi connectivity index (χ1) is 8.83. The highest BCUT2D eigenvalue weighted by Crippen LogP contribution is 2.40. The van der Waals surface area contributed by atoms with E-state index in [0.717, 1.165) is 11.1 Å². The van der Waals surface area contributed by atoms with Crippen molar-refractivity contribution in [3.8, 4) is 11.1 Å². The zero-order valence-corrected chi connectivity index (χ0v) is 9.29. The molecule has 0 saturated heterocycles. The fourth-order valence-corrected chi connectivity index (χ4v) is 2.21. The number of nitrogens with one attached hydrogen (secondary N) is 1. The van der Waals surface area contributed by atoms with Crippen molar-refractivity contribution in [2.75, 3.05) is 0 Å². The van der Waals surface area contributed by atoms with Crippen molar-refractivity contribution in [3.63, 3.8) is 0 Å². The van der Waals surface area contributed by atoms with Crippen molar-refractivity contribution in [2.24, 2.45) is 15.6 Å². The normalized spacial score (nSPS) is 12.6. The van der Waals surface area contributed by atoms with E-state index in [1.165, 1.54) is 0 Å². The minimum Gasteiger partial charge on any atom is -0.288 e. The van der Waals surface area contributed by atoms with E-state index < -0.39 is 0 Å². The summed E-state index contributed by atoms with van der Waals surface area (Å²) in [5, 5.41) is 9.89. The predicted octanol–water partition coefficient (Wildman–Crippen LogP) is 3.93. The molecular formula is C13H8N4O. The number of ketones is 1. The van der Waals surface area contributed by atoms with Crippen LogP contribution in [0.2, 0.25) is 0 Å². The molecule has 1 aliphatic rings. The second-order valence-corrected chi connectivity index (χ2v) is 3.86.